The number of hydrogen-bond donors (Lipinski definition) is 2. The van der Waals surface area contributed by atoms with Gasteiger partial charge in [0.15, 0.2) is 0 Å². The Kier molecular flexibility index (Phi) is 4.25. The molecule has 0 aromatic heterocycles. The van der Waals surface area contributed by atoms with Crippen molar-refractivity contribution in [3.8, 4) is 0 Å². The Labute approximate surface area is 148 Å². The first-order valence-electron chi connectivity index (χ1n) is 7.46. The highest BCUT2D eigenvalue weighted by atomic mass is 35.5. The van der Waals surface area contributed by atoms with Gasteiger partial charge in [-0.25, -0.2) is 4.79 Å². The van der Waals surface area contributed by atoms with Crippen molar-refractivity contribution in [3.05, 3.63) is 35.9 Å². The van der Waals surface area contributed by atoms with Crippen molar-refractivity contribution in [1.29, 1.82) is 0 Å². The second kappa shape index (κ2) is 5.97. The lowest BCUT2D eigenvalue weighted by atomic mass is 9.96. The number of carbonyl (C=O) groups excluding carboxylic acids is 2. The molecule has 2 N–H and O–H groups in total. The van der Waals surface area contributed by atoms with Crippen LogP contribution in [-0.2, 0) is 14.4 Å². The standard InChI is InChI=1S/C16H17ClN2O4S/c1-16(2)11(15(22)23)19-13(21)10(14(19)24-16)18-12(20)9(17)8-6-4-3-5-7-8/h3-7,9-11,14H,1-2H3,(H,18,20)(H,22,23). The van der Waals surface area contributed by atoms with E-state index in [4.69, 9.17) is 11.6 Å². The topological polar surface area (TPSA) is 86.7 Å². The van der Waals surface area contributed by atoms with Crippen LogP contribution in [0.4, 0.5) is 0 Å². The van der Waals surface area contributed by atoms with E-state index in [0.29, 0.717) is 5.56 Å². The number of carboxylic acid groups (broad SMARTS) is 1. The Morgan fingerprint density at radius 1 is 1.33 bits per heavy atom. The maximum Gasteiger partial charge on any atom is 0.327 e. The average Bonchev–Trinajstić information content (AvgIpc) is 2.80. The molecule has 128 valence electrons. The first-order valence-corrected chi connectivity index (χ1v) is 8.78. The second-order valence-corrected chi connectivity index (χ2v) is 8.56. The van der Waals surface area contributed by atoms with E-state index in [0.717, 1.165) is 0 Å². The molecule has 2 heterocycles. The van der Waals surface area contributed by atoms with Crippen molar-refractivity contribution < 1.29 is 19.5 Å². The minimum absolute atomic E-state index is 0.378. The summed E-state index contributed by atoms with van der Waals surface area (Å²) >= 11 is 7.55. The number of amides is 2. The van der Waals surface area contributed by atoms with Gasteiger partial charge in [-0.05, 0) is 19.4 Å². The Bertz CT molecular complexity index is 697. The fourth-order valence-electron chi connectivity index (χ4n) is 3.15. The first-order chi connectivity index (χ1) is 11.2. The molecule has 2 aliphatic heterocycles. The van der Waals surface area contributed by atoms with Crippen molar-refractivity contribution in [2.24, 2.45) is 0 Å². The predicted octanol–water partition coefficient (Wildman–Crippen LogP) is 1.60. The fraction of sp³-hybridized carbons (Fsp3) is 0.438. The molecule has 0 bridgehead atoms. The van der Waals surface area contributed by atoms with Gasteiger partial charge in [0.25, 0.3) is 0 Å². The molecule has 0 spiro atoms. The minimum atomic E-state index is -1.03. The minimum Gasteiger partial charge on any atom is -0.480 e. The second-order valence-electron chi connectivity index (χ2n) is 6.36. The molecule has 2 amide bonds. The number of thioether (sulfide) groups is 1. The molecule has 0 radical (unpaired) electrons. The molecule has 6 nitrogen and oxygen atoms in total. The Morgan fingerprint density at radius 2 is 1.96 bits per heavy atom. The highest BCUT2D eigenvalue weighted by Crippen LogP contribution is 2.50. The molecule has 24 heavy (non-hydrogen) atoms. The molecule has 0 saturated carbocycles. The molecular weight excluding hydrogens is 352 g/mol. The van der Waals surface area contributed by atoms with Crippen molar-refractivity contribution in [2.45, 2.75) is 41.4 Å². The van der Waals surface area contributed by atoms with Gasteiger partial charge in [0, 0.05) is 4.75 Å². The molecule has 3 rings (SSSR count). The number of halogens is 1. The highest BCUT2D eigenvalue weighted by molar-refractivity contribution is 8.01. The van der Waals surface area contributed by atoms with E-state index in [1.807, 2.05) is 6.07 Å². The third kappa shape index (κ3) is 2.65. The first kappa shape index (κ1) is 17.1. The fourth-order valence-corrected chi connectivity index (χ4v) is 4.98. The van der Waals surface area contributed by atoms with E-state index in [2.05, 4.69) is 5.32 Å². The largest absolute Gasteiger partial charge is 0.480 e. The van der Waals surface area contributed by atoms with Crippen LogP contribution in [-0.4, -0.2) is 50.0 Å². The van der Waals surface area contributed by atoms with Gasteiger partial charge in [0.1, 0.15) is 22.8 Å². The summed E-state index contributed by atoms with van der Waals surface area (Å²) in [5, 5.41) is 10.8. The van der Waals surface area contributed by atoms with Gasteiger partial charge in [-0.3, -0.25) is 9.59 Å². The zero-order valence-corrected chi connectivity index (χ0v) is 14.7. The lowest BCUT2D eigenvalue weighted by Crippen LogP contribution is -2.70. The van der Waals surface area contributed by atoms with E-state index in [9.17, 15) is 19.5 Å². The smallest absolute Gasteiger partial charge is 0.327 e. The van der Waals surface area contributed by atoms with E-state index in [-0.39, 0.29) is 11.3 Å². The maximum atomic E-state index is 12.3. The number of benzene rings is 1. The van der Waals surface area contributed by atoms with Gasteiger partial charge in [-0.15, -0.1) is 23.4 Å². The van der Waals surface area contributed by atoms with Gasteiger partial charge < -0.3 is 15.3 Å². The molecular formula is C16H17ClN2O4S. The number of nitrogens with one attached hydrogen (secondary N) is 1. The Morgan fingerprint density at radius 3 is 2.54 bits per heavy atom. The summed E-state index contributed by atoms with van der Waals surface area (Å²) in [5.74, 6) is -1.87. The quantitative estimate of drug-likeness (QED) is 0.622. The summed E-state index contributed by atoms with van der Waals surface area (Å²) in [6.07, 6.45) is 0. The number of rotatable bonds is 4. The summed E-state index contributed by atoms with van der Waals surface area (Å²) in [6, 6.07) is 7.22. The summed E-state index contributed by atoms with van der Waals surface area (Å²) in [6.45, 7) is 3.57. The van der Waals surface area contributed by atoms with E-state index >= 15 is 0 Å². The molecule has 2 saturated heterocycles. The van der Waals surface area contributed by atoms with Crippen molar-refractivity contribution in [1.82, 2.24) is 10.2 Å². The lowest BCUT2D eigenvalue weighted by molar-refractivity contribution is -0.161. The zero-order valence-electron chi connectivity index (χ0n) is 13.1. The van der Waals surface area contributed by atoms with Crippen LogP contribution in [0.1, 0.15) is 24.8 Å². The maximum absolute atomic E-state index is 12.3. The van der Waals surface area contributed by atoms with E-state index < -0.39 is 34.1 Å². The van der Waals surface area contributed by atoms with Crippen LogP contribution in [0.3, 0.4) is 0 Å². The van der Waals surface area contributed by atoms with E-state index in [1.165, 1.54) is 16.7 Å². The molecule has 2 fully saturated rings. The number of carbonyl (C=O) groups is 3. The van der Waals surface area contributed by atoms with Crippen molar-refractivity contribution in [2.75, 3.05) is 0 Å². The van der Waals surface area contributed by atoms with Crippen LogP contribution < -0.4 is 5.32 Å². The van der Waals surface area contributed by atoms with E-state index in [1.54, 1.807) is 38.1 Å². The number of aliphatic carboxylic acids is 1. The molecule has 8 heteroatoms. The number of β-lactam (4-membered cyclic amide) rings is 1. The molecule has 1 aromatic carbocycles. The van der Waals surface area contributed by atoms with Crippen LogP contribution >= 0.6 is 23.4 Å². The third-order valence-electron chi connectivity index (χ3n) is 4.30. The molecule has 1 aromatic rings. The van der Waals surface area contributed by atoms with Crippen LogP contribution in [0, 0.1) is 0 Å². The van der Waals surface area contributed by atoms with Crippen LogP contribution in [0.2, 0.25) is 0 Å². The van der Waals surface area contributed by atoms with Gasteiger partial charge in [0.2, 0.25) is 11.8 Å². The monoisotopic (exact) mass is 368 g/mol. The van der Waals surface area contributed by atoms with Crippen LogP contribution in [0.5, 0.6) is 0 Å². The number of alkyl halides is 1. The van der Waals surface area contributed by atoms with Crippen molar-refractivity contribution >= 4 is 41.1 Å². The number of hydrogen-bond acceptors (Lipinski definition) is 4. The SMILES string of the molecule is CC1(C)SC2C(NC(=O)C(Cl)c3ccccc3)C(=O)N2C1C(=O)O. The van der Waals surface area contributed by atoms with Gasteiger partial charge in [-0.2, -0.15) is 0 Å². The van der Waals surface area contributed by atoms with Crippen LogP contribution in [0.15, 0.2) is 30.3 Å². The lowest BCUT2D eigenvalue weighted by Gasteiger charge is -2.43. The number of carboxylic acids is 1. The normalized spacial score (nSPS) is 28.7. The van der Waals surface area contributed by atoms with Crippen molar-refractivity contribution in [3.63, 3.8) is 0 Å². The third-order valence-corrected chi connectivity index (χ3v) is 6.32. The summed E-state index contributed by atoms with van der Waals surface area (Å²) in [5.41, 5.74) is 0.642. The molecule has 0 aliphatic carbocycles. The van der Waals surface area contributed by atoms with Gasteiger partial charge >= 0.3 is 5.97 Å². The molecule has 2 aliphatic rings. The highest BCUT2D eigenvalue weighted by Gasteiger charge is 2.64. The molecule has 4 atom stereocenters. The number of fused-ring (bicyclic) bond motifs is 1. The average molecular weight is 369 g/mol. The summed E-state index contributed by atoms with van der Waals surface area (Å²) < 4.78 is -0.620. The Balaban J connectivity index is 1.71. The summed E-state index contributed by atoms with van der Waals surface area (Å²) in [7, 11) is 0. The molecule has 4 unspecified atom stereocenters. The number of nitrogens with zero attached hydrogens (tertiary/aromatic N) is 1. The van der Waals surface area contributed by atoms with Gasteiger partial charge in [0.05, 0.1) is 0 Å². The summed E-state index contributed by atoms with van der Waals surface area (Å²) in [4.78, 5) is 37.4. The van der Waals surface area contributed by atoms with Gasteiger partial charge in [-0.1, -0.05) is 30.3 Å². The zero-order chi connectivity index (χ0) is 17.6. The van der Waals surface area contributed by atoms with Crippen LogP contribution in [0.25, 0.3) is 0 Å². The Hall–Kier alpha value is -1.73. The predicted molar refractivity (Wildman–Crippen MR) is 90.7 cm³/mol.